The third-order valence-corrected chi connectivity index (χ3v) is 3.20. The van der Waals surface area contributed by atoms with Crippen LogP contribution >= 0.6 is 0 Å². The fourth-order valence-electron chi connectivity index (χ4n) is 2.11. The molecule has 0 aromatic heterocycles. The minimum atomic E-state index is -0.215. The second-order valence-corrected chi connectivity index (χ2v) is 4.92. The van der Waals surface area contributed by atoms with Crippen molar-refractivity contribution in [1.82, 2.24) is 0 Å². The van der Waals surface area contributed by atoms with Crippen molar-refractivity contribution < 1.29 is 9.50 Å². The average Bonchev–Trinajstić information content (AvgIpc) is 2.50. The van der Waals surface area contributed by atoms with Gasteiger partial charge < -0.3 is 10.4 Å². The zero-order valence-corrected chi connectivity index (χ0v) is 12.1. The van der Waals surface area contributed by atoms with Gasteiger partial charge in [0.05, 0.1) is 6.61 Å². The Morgan fingerprint density at radius 2 is 1.67 bits per heavy atom. The molecule has 2 rings (SSSR count). The standard InChI is InChI=1S/C18H20FNO/c1-2-3-18(12-14-4-8-16(19)9-5-14)20-17-10-6-15(13-21)7-11-17/h3-11,20-21H,2,12-13H2,1H3/b18-3+. The molecular weight excluding hydrogens is 265 g/mol. The number of anilines is 1. The zero-order valence-electron chi connectivity index (χ0n) is 12.1. The van der Waals surface area contributed by atoms with Gasteiger partial charge in [0.2, 0.25) is 0 Å². The van der Waals surface area contributed by atoms with Crippen LogP contribution in [0.25, 0.3) is 0 Å². The Morgan fingerprint density at radius 3 is 2.24 bits per heavy atom. The molecule has 0 aliphatic heterocycles. The number of aliphatic hydroxyl groups is 1. The van der Waals surface area contributed by atoms with E-state index in [0.717, 1.165) is 35.4 Å². The SMILES string of the molecule is CC/C=C(\Cc1ccc(F)cc1)Nc1ccc(CO)cc1. The lowest BCUT2D eigenvalue weighted by atomic mass is 10.1. The van der Waals surface area contributed by atoms with Gasteiger partial charge in [-0.1, -0.05) is 37.3 Å². The second kappa shape index (κ2) is 7.60. The number of allylic oxidation sites excluding steroid dienone is 2. The summed E-state index contributed by atoms with van der Waals surface area (Å²) in [6, 6.07) is 14.2. The van der Waals surface area contributed by atoms with Crippen LogP contribution in [0, 0.1) is 5.82 Å². The van der Waals surface area contributed by atoms with Crippen molar-refractivity contribution in [3.05, 3.63) is 77.2 Å². The van der Waals surface area contributed by atoms with Crippen LogP contribution in [0.15, 0.2) is 60.3 Å². The predicted molar refractivity (Wildman–Crippen MR) is 84.5 cm³/mol. The summed E-state index contributed by atoms with van der Waals surface area (Å²) in [7, 11) is 0. The molecule has 0 bridgehead atoms. The second-order valence-electron chi connectivity index (χ2n) is 4.92. The number of hydrogen-bond acceptors (Lipinski definition) is 2. The highest BCUT2D eigenvalue weighted by atomic mass is 19.1. The molecule has 0 amide bonds. The summed E-state index contributed by atoms with van der Waals surface area (Å²) in [5.41, 5.74) is 4.02. The first-order valence-electron chi connectivity index (χ1n) is 7.11. The van der Waals surface area contributed by atoms with Crippen LogP contribution < -0.4 is 5.32 Å². The monoisotopic (exact) mass is 285 g/mol. The molecule has 0 atom stereocenters. The lowest BCUT2D eigenvalue weighted by Crippen LogP contribution is -2.03. The molecule has 2 nitrogen and oxygen atoms in total. The van der Waals surface area contributed by atoms with Gasteiger partial charge in [0.15, 0.2) is 0 Å². The molecule has 21 heavy (non-hydrogen) atoms. The molecule has 0 aliphatic rings. The number of nitrogens with one attached hydrogen (secondary N) is 1. The van der Waals surface area contributed by atoms with E-state index in [1.54, 1.807) is 12.1 Å². The minimum Gasteiger partial charge on any atom is -0.392 e. The third kappa shape index (κ3) is 4.72. The molecule has 0 radical (unpaired) electrons. The summed E-state index contributed by atoms with van der Waals surface area (Å²) in [6.45, 7) is 2.13. The highest BCUT2D eigenvalue weighted by Crippen LogP contribution is 2.16. The molecule has 110 valence electrons. The van der Waals surface area contributed by atoms with Crippen molar-refractivity contribution in [2.75, 3.05) is 5.32 Å². The van der Waals surface area contributed by atoms with Gasteiger partial charge in [-0.25, -0.2) is 4.39 Å². The van der Waals surface area contributed by atoms with E-state index in [2.05, 4.69) is 18.3 Å². The van der Waals surface area contributed by atoms with Gasteiger partial charge in [-0.15, -0.1) is 0 Å². The van der Waals surface area contributed by atoms with E-state index in [1.807, 2.05) is 24.3 Å². The summed E-state index contributed by atoms with van der Waals surface area (Å²) >= 11 is 0. The first-order chi connectivity index (χ1) is 10.2. The van der Waals surface area contributed by atoms with Crippen molar-refractivity contribution in [3.8, 4) is 0 Å². The van der Waals surface area contributed by atoms with E-state index in [4.69, 9.17) is 5.11 Å². The predicted octanol–water partition coefficient (Wildman–Crippen LogP) is 4.27. The maximum atomic E-state index is 12.9. The molecule has 0 unspecified atom stereocenters. The van der Waals surface area contributed by atoms with Crippen molar-refractivity contribution >= 4 is 5.69 Å². The number of benzene rings is 2. The fraction of sp³-hybridized carbons (Fsp3) is 0.222. The molecule has 0 saturated carbocycles. The van der Waals surface area contributed by atoms with E-state index in [9.17, 15) is 4.39 Å². The minimum absolute atomic E-state index is 0.0491. The van der Waals surface area contributed by atoms with Crippen molar-refractivity contribution in [1.29, 1.82) is 0 Å². The van der Waals surface area contributed by atoms with E-state index in [1.165, 1.54) is 12.1 Å². The Balaban J connectivity index is 2.08. The normalized spacial score (nSPS) is 11.5. The molecule has 0 spiro atoms. The average molecular weight is 285 g/mol. The maximum Gasteiger partial charge on any atom is 0.123 e. The first-order valence-corrected chi connectivity index (χ1v) is 7.11. The Bertz CT molecular complexity index is 588. The highest BCUT2D eigenvalue weighted by Gasteiger charge is 2.01. The zero-order chi connectivity index (χ0) is 15.1. The van der Waals surface area contributed by atoms with Gasteiger partial charge in [-0.05, 0) is 41.8 Å². The molecule has 0 saturated heterocycles. The third-order valence-electron chi connectivity index (χ3n) is 3.20. The Hall–Kier alpha value is -2.13. The fourth-order valence-corrected chi connectivity index (χ4v) is 2.11. The van der Waals surface area contributed by atoms with Crippen LogP contribution in [0.5, 0.6) is 0 Å². The molecular formula is C18H20FNO. The van der Waals surface area contributed by atoms with Crippen LogP contribution in [0.1, 0.15) is 24.5 Å². The van der Waals surface area contributed by atoms with Gasteiger partial charge >= 0.3 is 0 Å². The van der Waals surface area contributed by atoms with E-state index in [-0.39, 0.29) is 12.4 Å². The van der Waals surface area contributed by atoms with Gasteiger partial charge in [-0.3, -0.25) is 0 Å². The molecule has 3 heteroatoms. The Kier molecular flexibility index (Phi) is 5.52. The number of hydrogen-bond donors (Lipinski definition) is 2. The summed E-state index contributed by atoms with van der Waals surface area (Å²) in [4.78, 5) is 0. The molecule has 2 aromatic carbocycles. The van der Waals surface area contributed by atoms with Crippen LogP contribution in [0.3, 0.4) is 0 Å². The molecule has 2 aromatic rings. The van der Waals surface area contributed by atoms with Gasteiger partial charge in [0.1, 0.15) is 5.82 Å². The van der Waals surface area contributed by atoms with Crippen molar-refractivity contribution in [2.45, 2.75) is 26.4 Å². The lowest BCUT2D eigenvalue weighted by Gasteiger charge is -2.12. The Labute approximate surface area is 124 Å². The van der Waals surface area contributed by atoms with Crippen LogP contribution in [0.2, 0.25) is 0 Å². The van der Waals surface area contributed by atoms with Gasteiger partial charge in [0, 0.05) is 17.8 Å². The van der Waals surface area contributed by atoms with Crippen molar-refractivity contribution in [2.24, 2.45) is 0 Å². The summed E-state index contributed by atoms with van der Waals surface area (Å²) in [5, 5.41) is 12.4. The highest BCUT2D eigenvalue weighted by molar-refractivity contribution is 5.50. The van der Waals surface area contributed by atoms with Gasteiger partial charge in [-0.2, -0.15) is 0 Å². The quantitative estimate of drug-likeness (QED) is 0.831. The topological polar surface area (TPSA) is 32.3 Å². The summed E-state index contributed by atoms with van der Waals surface area (Å²) in [6.07, 6.45) is 3.79. The van der Waals surface area contributed by atoms with Gasteiger partial charge in [0.25, 0.3) is 0 Å². The summed E-state index contributed by atoms with van der Waals surface area (Å²) < 4.78 is 12.9. The first kappa shape index (κ1) is 15.3. The molecule has 0 fully saturated rings. The molecule has 0 heterocycles. The van der Waals surface area contributed by atoms with Crippen molar-refractivity contribution in [3.63, 3.8) is 0 Å². The largest absolute Gasteiger partial charge is 0.392 e. The maximum absolute atomic E-state index is 12.9. The van der Waals surface area contributed by atoms with E-state index < -0.39 is 0 Å². The van der Waals surface area contributed by atoms with Crippen LogP contribution in [-0.4, -0.2) is 5.11 Å². The smallest absolute Gasteiger partial charge is 0.123 e. The van der Waals surface area contributed by atoms with E-state index >= 15 is 0 Å². The number of rotatable bonds is 6. The number of halogens is 1. The van der Waals surface area contributed by atoms with Crippen LogP contribution in [0.4, 0.5) is 10.1 Å². The summed E-state index contributed by atoms with van der Waals surface area (Å²) in [5.74, 6) is -0.215. The number of aliphatic hydroxyl groups excluding tert-OH is 1. The van der Waals surface area contributed by atoms with Crippen LogP contribution in [-0.2, 0) is 13.0 Å². The Morgan fingerprint density at radius 1 is 1.05 bits per heavy atom. The molecule has 2 N–H and O–H groups in total. The van der Waals surface area contributed by atoms with E-state index in [0.29, 0.717) is 0 Å². The molecule has 0 aliphatic carbocycles. The lowest BCUT2D eigenvalue weighted by molar-refractivity contribution is 0.282.